The number of hydrogen-bond acceptors (Lipinski definition) is 2. The minimum Gasteiger partial charge on any atom is -0.354 e. The number of nitrogens with zero attached hydrogens (tertiary/aromatic N) is 1. The lowest BCUT2D eigenvalue weighted by Crippen LogP contribution is -2.50. The molecule has 34 heavy (non-hydrogen) atoms. The summed E-state index contributed by atoms with van der Waals surface area (Å²) in [4.78, 5) is 28.7. The molecular weight excluding hydrogens is 420 g/mol. The van der Waals surface area contributed by atoms with Crippen LogP contribution >= 0.6 is 0 Å². The Morgan fingerprint density at radius 2 is 1.35 bits per heavy atom. The van der Waals surface area contributed by atoms with Crippen molar-refractivity contribution in [3.8, 4) is 0 Å². The van der Waals surface area contributed by atoms with Gasteiger partial charge >= 0.3 is 0 Å². The molecule has 0 aromatic heterocycles. The minimum absolute atomic E-state index is 0.00370. The maximum atomic E-state index is 13.6. The van der Waals surface area contributed by atoms with Crippen LogP contribution in [0.1, 0.15) is 48.9 Å². The summed E-state index contributed by atoms with van der Waals surface area (Å²) >= 11 is 0. The molecule has 0 aliphatic heterocycles. The second-order valence-electron chi connectivity index (χ2n) is 8.67. The second-order valence-corrected chi connectivity index (χ2v) is 8.67. The standard InChI is InChI=1S/C30H36N2O2/c1-3-21-31-30(34)28(22-26-11-7-5-8-12-26)32(23-27-13-9-6-10-14-27)29(33)20-19-25-17-15-24(4-2)16-18-25/h5-18,28H,3-4,19-23H2,1-2H3,(H,31,34). The highest BCUT2D eigenvalue weighted by atomic mass is 16.2. The molecule has 0 radical (unpaired) electrons. The Hall–Kier alpha value is -3.40. The van der Waals surface area contributed by atoms with Gasteiger partial charge in [0.25, 0.3) is 0 Å². The van der Waals surface area contributed by atoms with Gasteiger partial charge in [-0.2, -0.15) is 0 Å². The van der Waals surface area contributed by atoms with Crippen LogP contribution < -0.4 is 5.32 Å². The number of rotatable bonds is 12. The molecule has 4 heteroatoms. The van der Waals surface area contributed by atoms with Crippen LogP contribution in [0.3, 0.4) is 0 Å². The number of carbonyl (C=O) groups excluding carboxylic acids is 2. The molecule has 1 N–H and O–H groups in total. The van der Waals surface area contributed by atoms with Crippen LogP contribution in [0.4, 0.5) is 0 Å². The lowest BCUT2D eigenvalue weighted by atomic mass is 10.0. The van der Waals surface area contributed by atoms with E-state index in [9.17, 15) is 9.59 Å². The first-order valence-electron chi connectivity index (χ1n) is 12.3. The van der Waals surface area contributed by atoms with E-state index in [2.05, 4.69) is 36.5 Å². The summed E-state index contributed by atoms with van der Waals surface area (Å²) in [5, 5.41) is 3.03. The van der Waals surface area contributed by atoms with E-state index in [0.29, 0.717) is 32.4 Å². The topological polar surface area (TPSA) is 49.4 Å². The molecule has 3 rings (SSSR count). The van der Waals surface area contributed by atoms with Gasteiger partial charge in [-0.3, -0.25) is 9.59 Å². The summed E-state index contributed by atoms with van der Waals surface area (Å²) in [5.74, 6) is -0.0988. The van der Waals surface area contributed by atoms with Crippen LogP contribution in [0, 0.1) is 0 Å². The fraction of sp³-hybridized carbons (Fsp3) is 0.333. The molecule has 3 aromatic carbocycles. The molecule has 0 saturated carbocycles. The maximum Gasteiger partial charge on any atom is 0.243 e. The molecule has 0 fully saturated rings. The van der Waals surface area contributed by atoms with Crippen molar-refractivity contribution in [3.05, 3.63) is 107 Å². The van der Waals surface area contributed by atoms with Crippen molar-refractivity contribution < 1.29 is 9.59 Å². The number of amides is 2. The van der Waals surface area contributed by atoms with E-state index in [1.807, 2.05) is 67.6 Å². The molecule has 0 spiro atoms. The summed E-state index contributed by atoms with van der Waals surface area (Å²) in [6, 6.07) is 27.7. The zero-order chi connectivity index (χ0) is 24.2. The van der Waals surface area contributed by atoms with Crippen molar-refractivity contribution in [2.75, 3.05) is 6.54 Å². The largest absolute Gasteiger partial charge is 0.354 e. The Balaban J connectivity index is 1.84. The van der Waals surface area contributed by atoms with Crippen molar-refractivity contribution >= 4 is 11.8 Å². The monoisotopic (exact) mass is 456 g/mol. The Labute approximate surface area is 204 Å². The highest BCUT2D eigenvalue weighted by Gasteiger charge is 2.30. The van der Waals surface area contributed by atoms with Crippen LogP contribution in [0.5, 0.6) is 0 Å². The summed E-state index contributed by atoms with van der Waals surface area (Å²) < 4.78 is 0. The molecular formula is C30H36N2O2. The SMILES string of the molecule is CCCNC(=O)C(Cc1ccccc1)N(Cc1ccccc1)C(=O)CCc1ccc(CC)cc1. The Bertz CT molecular complexity index is 1020. The van der Waals surface area contributed by atoms with Crippen LogP contribution in [0.2, 0.25) is 0 Å². The van der Waals surface area contributed by atoms with Crippen LogP contribution in [0.15, 0.2) is 84.9 Å². The highest BCUT2D eigenvalue weighted by Crippen LogP contribution is 2.17. The van der Waals surface area contributed by atoms with Gasteiger partial charge in [-0.1, -0.05) is 98.8 Å². The van der Waals surface area contributed by atoms with Gasteiger partial charge in [-0.15, -0.1) is 0 Å². The Morgan fingerprint density at radius 1 is 0.765 bits per heavy atom. The number of benzene rings is 3. The van der Waals surface area contributed by atoms with Gasteiger partial charge in [-0.25, -0.2) is 0 Å². The fourth-order valence-corrected chi connectivity index (χ4v) is 4.04. The Morgan fingerprint density at radius 3 is 1.94 bits per heavy atom. The smallest absolute Gasteiger partial charge is 0.243 e. The average molecular weight is 457 g/mol. The lowest BCUT2D eigenvalue weighted by molar-refractivity contribution is -0.141. The maximum absolute atomic E-state index is 13.6. The van der Waals surface area contributed by atoms with Gasteiger partial charge in [-0.05, 0) is 41.5 Å². The molecule has 1 unspecified atom stereocenters. The lowest BCUT2D eigenvalue weighted by Gasteiger charge is -2.31. The fourth-order valence-electron chi connectivity index (χ4n) is 4.04. The van der Waals surface area contributed by atoms with Gasteiger partial charge in [0.05, 0.1) is 0 Å². The zero-order valence-electron chi connectivity index (χ0n) is 20.4. The van der Waals surface area contributed by atoms with E-state index in [1.165, 1.54) is 5.56 Å². The van der Waals surface area contributed by atoms with Crippen molar-refractivity contribution in [2.24, 2.45) is 0 Å². The van der Waals surface area contributed by atoms with Gasteiger partial charge in [0.2, 0.25) is 11.8 Å². The van der Waals surface area contributed by atoms with Crippen LogP contribution in [-0.2, 0) is 35.4 Å². The van der Waals surface area contributed by atoms with Crippen molar-refractivity contribution in [1.82, 2.24) is 10.2 Å². The molecule has 0 saturated heterocycles. The number of carbonyl (C=O) groups is 2. The van der Waals surface area contributed by atoms with E-state index in [1.54, 1.807) is 4.90 Å². The zero-order valence-corrected chi connectivity index (χ0v) is 20.4. The molecule has 0 bridgehead atoms. The Kier molecular flexibility index (Phi) is 9.90. The third kappa shape index (κ3) is 7.58. The number of aryl methyl sites for hydroxylation is 2. The van der Waals surface area contributed by atoms with Crippen molar-refractivity contribution in [3.63, 3.8) is 0 Å². The van der Waals surface area contributed by atoms with E-state index >= 15 is 0 Å². The first kappa shape index (κ1) is 25.2. The predicted octanol–water partition coefficient (Wildman–Crippen LogP) is 5.35. The average Bonchev–Trinajstić information content (AvgIpc) is 2.89. The molecule has 0 aliphatic rings. The molecule has 4 nitrogen and oxygen atoms in total. The quantitative estimate of drug-likeness (QED) is 0.399. The van der Waals surface area contributed by atoms with Gasteiger partial charge in [0.15, 0.2) is 0 Å². The molecule has 178 valence electrons. The summed E-state index contributed by atoms with van der Waals surface area (Å²) in [7, 11) is 0. The van der Waals surface area contributed by atoms with E-state index in [4.69, 9.17) is 0 Å². The number of hydrogen-bond donors (Lipinski definition) is 1. The third-order valence-electron chi connectivity index (χ3n) is 6.07. The van der Waals surface area contributed by atoms with Crippen molar-refractivity contribution in [2.45, 2.75) is 58.5 Å². The van der Waals surface area contributed by atoms with Gasteiger partial charge in [0.1, 0.15) is 6.04 Å². The van der Waals surface area contributed by atoms with Gasteiger partial charge < -0.3 is 10.2 Å². The van der Waals surface area contributed by atoms with Gasteiger partial charge in [0, 0.05) is 25.9 Å². The first-order chi connectivity index (χ1) is 16.6. The van der Waals surface area contributed by atoms with E-state index in [0.717, 1.165) is 29.5 Å². The molecule has 0 aliphatic carbocycles. The van der Waals surface area contributed by atoms with Crippen LogP contribution in [0.25, 0.3) is 0 Å². The van der Waals surface area contributed by atoms with Crippen LogP contribution in [-0.4, -0.2) is 29.3 Å². The normalized spacial score (nSPS) is 11.6. The minimum atomic E-state index is -0.566. The summed E-state index contributed by atoms with van der Waals surface area (Å²) in [6.45, 7) is 5.17. The molecule has 0 heterocycles. The summed E-state index contributed by atoms with van der Waals surface area (Å²) in [6.07, 6.45) is 3.36. The van der Waals surface area contributed by atoms with E-state index < -0.39 is 6.04 Å². The highest BCUT2D eigenvalue weighted by molar-refractivity contribution is 5.88. The molecule has 3 aromatic rings. The van der Waals surface area contributed by atoms with E-state index in [-0.39, 0.29) is 11.8 Å². The van der Waals surface area contributed by atoms with Crippen molar-refractivity contribution in [1.29, 1.82) is 0 Å². The molecule has 2 amide bonds. The molecule has 1 atom stereocenters. The third-order valence-corrected chi connectivity index (χ3v) is 6.07. The predicted molar refractivity (Wildman–Crippen MR) is 138 cm³/mol. The number of nitrogens with one attached hydrogen (secondary N) is 1. The summed E-state index contributed by atoms with van der Waals surface area (Å²) in [5.41, 5.74) is 4.49. The second kappa shape index (κ2) is 13.3. The first-order valence-corrected chi connectivity index (χ1v) is 12.3.